The van der Waals surface area contributed by atoms with Crippen LogP contribution in [-0.4, -0.2) is 4.57 Å². The first-order chi connectivity index (χ1) is 18.9. The van der Waals surface area contributed by atoms with Crippen molar-refractivity contribution in [3.05, 3.63) is 151 Å². The molecule has 0 fully saturated rings. The van der Waals surface area contributed by atoms with Crippen LogP contribution in [0.2, 0.25) is 0 Å². The Morgan fingerprint density at radius 1 is 0.553 bits per heavy atom. The zero-order valence-corrected chi connectivity index (χ0v) is 21.0. The number of anilines is 2. The van der Waals surface area contributed by atoms with Crippen molar-refractivity contribution in [1.29, 1.82) is 0 Å². The lowest BCUT2D eigenvalue weighted by molar-refractivity contribution is 0.819. The summed E-state index contributed by atoms with van der Waals surface area (Å²) in [5, 5.41) is 2.58. The van der Waals surface area contributed by atoms with Gasteiger partial charge in [0.05, 0.1) is 11.0 Å². The zero-order valence-electron chi connectivity index (χ0n) is 21.0. The fraction of sp³-hybridized carbons (Fsp3) is 0.0556. The molecular weight excluding hydrogens is 460 g/mol. The van der Waals surface area contributed by atoms with Crippen molar-refractivity contribution >= 4 is 33.2 Å². The van der Waals surface area contributed by atoms with Crippen LogP contribution in [0.1, 0.15) is 17.9 Å². The normalized spacial score (nSPS) is 16.1. The molecule has 2 aliphatic rings. The molecule has 180 valence electrons. The number of benzene rings is 5. The molecule has 1 aliphatic carbocycles. The summed E-state index contributed by atoms with van der Waals surface area (Å²) >= 11 is 0. The van der Waals surface area contributed by atoms with Crippen LogP contribution in [0.3, 0.4) is 0 Å². The van der Waals surface area contributed by atoms with E-state index in [1.807, 2.05) is 0 Å². The number of nitrogens with zero attached hydrogens (tertiary/aromatic N) is 2. The Balaban J connectivity index is 1.15. The molecule has 0 saturated heterocycles. The molecule has 2 heteroatoms. The highest BCUT2D eigenvalue weighted by atomic mass is 15.2. The van der Waals surface area contributed by atoms with Gasteiger partial charge in [-0.3, -0.25) is 0 Å². The van der Waals surface area contributed by atoms with Gasteiger partial charge in [0.2, 0.25) is 0 Å². The van der Waals surface area contributed by atoms with Gasteiger partial charge in [0, 0.05) is 39.4 Å². The van der Waals surface area contributed by atoms with E-state index < -0.39 is 0 Å². The van der Waals surface area contributed by atoms with Crippen molar-refractivity contribution in [1.82, 2.24) is 4.57 Å². The van der Waals surface area contributed by atoms with Crippen molar-refractivity contribution in [3.8, 4) is 16.8 Å². The SMILES string of the molecule is C1=CCC2C(=C1)N(c1ccc(-c3ccc(-n4c5ccccc5c5ccccc54)cc3)cc1)c1ccccc12. The minimum atomic E-state index is 0.448. The quantitative estimate of drug-likeness (QED) is 0.242. The van der Waals surface area contributed by atoms with Gasteiger partial charge in [-0.2, -0.15) is 0 Å². The van der Waals surface area contributed by atoms with E-state index in [0.717, 1.165) is 6.42 Å². The molecule has 1 unspecified atom stereocenters. The van der Waals surface area contributed by atoms with Crippen molar-refractivity contribution in [2.75, 3.05) is 4.90 Å². The molecule has 0 saturated carbocycles. The average molecular weight is 487 g/mol. The van der Waals surface area contributed by atoms with Crippen LogP contribution >= 0.6 is 0 Å². The van der Waals surface area contributed by atoms with Gasteiger partial charge in [-0.15, -0.1) is 0 Å². The van der Waals surface area contributed by atoms with Gasteiger partial charge in [0.15, 0.2) is 0 Å². The van der Waals surface area contributed by atoms with E-state index in [1.54, 1.807) is 0 Å². The molecule has 2 heterocycles. The van der Waals surface area contributed by atoms with Gasteiger partial charge in [-0.1, -0.05) is 91.0 Å². The first kappa shape index (κ1) is 21.3. The zero-order chi connectivity index (χ0) is 25.1. The Morgan fingerprint density at radius 3 is 1.82 bits per heavy atom. The molecule has 1 aliphatic heterocycles. The van der Waals surface area contributed by atoms with Crippen molar-refractivity contribution in [3.63, 3.8) is 0 Å². The summed E-state index contributed by atoms with van der Waals surface area (Å²) in [5.74, 6) is 0.448. The molecule has 1 aromatic heterocycles. The van der Waals surface area contributed by atoms with Crippen LogP contribution in [0.5, 0.6) is 0 Å². The molecule has 0 bridgehead atoms. The van der Waals surface area contributed by atoms with E-state index >= 15 is 0 Å². The second kappa shape index (κ2) is 8.36. The first-order valence-corrected chi connectivity index (χ1v) is 13.3. The molecule has 0 amide bonds. The Hall–Kier alpha value is -4.82. The van der Waals surface area contributed by atoms with Gasteiger partial charge in [0.1, 0.15) is 0 Å². The first-order valence-electron chi connectivity index (χ1n) is 13.3. The fourth-order valence-electron chi connectivity index (χ4n) is 6.35. The maximum atomic E-state index is 2.43. The fourth-order valence-corrected chi connectivity index (χ4v) is 6.35. The Labute approximate surface area is 222 Å². The summed E-state index contributed by atoms with van der Waals surface area (Å²) in [7, 11) is 0. The average Bonchev–Trinajstić information content (AvgIpc) is 3.51. The van der Waals surface area contributed by atoms with Crippen LogP contribution in [0, 0.1) is 0 Å². The van der Waals surface area contributed by atoms with Crippen LogP contribution < -0.4 is 4.90 Å². The molecule has 1 atom stereocenters. The second-order valence-corrected chi connectivity index (χ2v) is 10.2. The maximum Gasteiger partial charge on any atom is 0.0541 e. The summed E-state index contributed by atoms with van der Waals surface area (Å²) in [5.41, 5.74) is 11.4. The second-order valence-electron chi connectivity index (χ2n) is 10.2. The van der Waals surface area contributed by atoms with E-state index in [-0.39, 0.29) is 0 Å². The molecule has 0 radical (unpaired) electrons. The monoisotopic (exact) mass is 486 g/mol. The molecule has 38 heavy (non-hydrogen) atoms. The summed E-state index contributed by atoms with van der Waals surface area (Å²) in [6.45, 7) is 0. The van der Waals surface area contributed by atoms with E-state index in [2.05, 4.69) is 149 Å². The van der Waals surface area contributed by atoms with Gasteiger partial charge in [-0.25, -0.2) is 0 Å². The van der Waals surface area contributed by atoms with Crippen LogP contribution in [-0.2, 0) is 0 Å². The minimum Gasteiger partial charge on any atom is -0.313 e. The van der Waals surface area contributed by atoms with Gasteiger partial charge < -0.3 is 9.47 Å². The molecule has 0 N–H and O–H groups in total. The third kappa shape index (κ3) is 3.13. The van der Waals surface area contributed by atoms with Crippen LogP contribution in [0.25, 0.3) is 38.6 Å². The Morgan fingerprint density at radius 2 is 1.13 bits per heavy atom. The molecule has 8 rings (SSSR count). The number of hydrogen-bond acceptors (Lipinski definition) is 1. The Bertz CT molecular complexity index is 1830. The number of rotatable bonds is 3. The Kier molecular flexibility index (Phi) is 4.68. The molecule has 2 nitrogen and oxygen atoms in total. The lowest BCUT2D eigenvalue weighted by Crippen LogP contribution is -2.14. The summed E-state index contributed by atoms with van der Waals surface area (Å²) in [6, 6.07) is 44.1. The minimum absolute atomic E-state index is 0.448. The third-order valence-corrected chi connectivity index (χ3v) is 8.11. The lowest BCUT2D eigenvalue weighted by atomic mass is 9.92. The molecular formula is C36H26N2. The maximum absolute atomic E-state index is 2.43. The molecule has 5 aromatic carbocycles. The lowest BCUT2D eigenvalue weighted by Gasteiger charge is -2.24. The standard InChI is InChI=1S/C36H26N2/c1-5-13-33-29(9-1)30-10-2-6-14-34(30)37(33)27-21-17-25(18-22-27)26-19-23-28(24-20-26)38-35-15-7-3-11-31(35)32-12-4-8-16-36(32)38/h1-11,13-24,32H,12H2. The third-order valence-electron chi connectivity index (χ3n) is 8.11. The van der Waals surface area contributed by atoms with Crippen LogP contribution in [0.15, 0.2) is 145 Å². The van der Waals surface area contributed by atoms with Crippen molar-refractivity contribution in [2.24, 2.45) is 0 Å². The van der Waals surface area contributed by atoms with E-state index in [1.165, 1.54) is 61.3 Å². The van der Waals surface area contributed by atoms with E-state index in [9.17, 15) is 0 Å². The molecule has 0 spiro atoms. The predicted molar refractivity (Wildman–Crippen MR) is 159 cm³/mol. The number of aromatic nitrogens is 1. The smallest absolute Gasteiger partial charge is 0.0541 e. The summed E-state index contributed by atoms with van der Waals surface area (Å²) < 4.78 is 2.37. The highest BCUT2D eigenvalue weighted by molar-refractivity contribution is 6.09. The van der Waals surface area contributed by atoms with Crippen molar-refractivity contribution in [2.45, 2.75) is 12.3 Å². The molecule has 6 aromatic rings. The topological polar surface area (TPSA) is 8.17 Å². The highest BCUT2D eigenvalue weighted by Crippen LogP contribution is 2.50. The predicted octanol–water partition coefficient (Wildman–Crippen LogP) is 9.53. The number of fused-ring (bicyclic) bond motifs is 6. The summed E-state index contributed by atoms with van der Waals surface area (Å²) in [4.78, 5) is 2.43. The highest BCUT2D eigenvalue weighted by Gasteiger charge is 2.34. The van der Waals surface area contributed by atoms with Gasteiger partial charge >= 0.3 is 0 Å². The summed E-state index contributed by atoms with van der Waals surface area (Å²) in [6.07, 6.45) is 7.81. The number of para-hydroxylation sites is 3. The van der Waals surface area contributed by atoms with Gasteiger partial charge in [0.25, 0.3) is 0 Å². The van der Waals surface area contributed by atoms with E-state index in [4.69, 9.17) is 0 Å². The van der Waals surface area contributed by atoms with Crippen LogP contribution in [0.4, 0.5) is 11.4 Å². The number of allylic oxidation sites excluding steroid dienone is 4. The van der Waals surface area contributed by atoms with E-state index in [0.29, 0.717) is 5.92 Å². The van der Waals surface area contributed by atoms with Gasteiger partial charge in [-0.05, 0) is 71.7 Å². The number of hydrogen-bond donors (Lipinski definition) is 0. The largest absolute Gasteiger partial charge is 0.313 e. The van der Waals surface area contributed by atoms with Crippen molar-refractivity contribution < 1.29 is 0 Å².